The molecular weight excluding hydrogens is 220 g/mol. The van der Waals surface area contributed by atoms with E-state index in [4.69, 9.17) is 4.74 Å². The number of carbonyl (C=O) groups is 1. The lowest BCUT2D eigenvalue weighted by Gasteiger charge is -2.21. The first-order chi connectivity index (χ1) is 8.20. The van der Waals surface area contributed by atoms with Crippen LogP contribution in [0.5, 0.6) is 5.75 Å². The fourth-order valence-electron chi connectivity index (χ4n) is 2.06. The van der Waals surface area contributed by atoms with Crippen LogP contribution >= 0.6 is 0 Å². The maximum atomic E-state index is 10.9. The van der Waals surface area contributed by atoms with Crippen LogP contribution in [0.3, 0.4) is 0 Å². The lowest BCUT2D eigenvalue weighted by Crippen LogP contribution is -2.13. The van der Waals surface area contributed by atoms with E-state index in [-0.39, 0.29) is 12.7 Å². The molecule has 1 aromatic rings. The minimum atomic E-state index is -0.400. The Kier molecular flexibility index (Phi) is 3.64. The molecule has 0 heterocycles. The summed E-state index contributed by atoms with van der Waals surface area (Å²) in [6.07, 6.45) is 2.37. The summed E-state index contributed by atoms with van der Waals surface area (Å²) in [6.45, 7) is -0.0855. The Labute approximate surface area is 100 Å². The fourth-order valence-corrected chi connectivity index (χ4v) is 2.06. The van der Waals surface area contributed by atoms with Crippen molar-refractivity contribution in [3.05, 3.63) is 29.3 Å². The summed E-state index contributed by atoms with van der Waals surface area (Å²) in [6, 6.07) is 5.53. The monoisotopic (exact) mass is 236 g/mol. The minimum Gasteiger partial charge on any atom is -0.482 e. The molecule has 1 atom stereocenters. The molecule has 0 saturated carbocycles. The molecule has 0 spiro atoms. The fraction of sp³-hybridized carbons (Fsp3) is 0.462. The third-order valence-corrected chi connectivity index (χ3v) is 2.98. The van der Waals surface area contributed by atoms with E-state index in [1.165, 1.54) is 7.11 Å². The van der Waals surface area contributed by atoms with E-state index in [1.807, 2.05) is 12.1 Å². The zero-order valence-electron chi connectivity index (χ0n) is 9.81. The summed E-state index contributed by atoms with van der Waals surface area (Å²) in [4.78, 5) is 10.9. The molecule has 1 aromatic carbocycles. The number of methoxy groups -OCH3 is 1. The summed E-state index contributed by atoms with van der Waals surface area (Å²) in [5.41, 5.74) is 2.08. The zero-order chi connectivity index (χ0) is 12.3. The quantitative estimate of drug-likeness (QED) is 0.810. The molecule has 2 rings (SSSR count). The number of aliphatic hydroxyl groups excluding tert-OH is 1. The van der Waals surface area contributed by atoms with Gasteiger partial charge in [-0.05, 0) is 42.5 Å². The van der Waals surface area contributed by atoms with Crippen LogP contribution in [0.4, 0.5) is 0 Å². The van der Waals surface area contributed by atoms with Crippen molar-refractivity contribution in [2.45, 2.75) is 25.4 Å². The van der Waals surface area contributed by atoms with Gasteiger partial charge in [-0.15, -0.1) is 0 Å². The number of esters is 1. The Balaban J connectivity index is 2.08. The lowest BCUT2D eigenvalue weighted by molar-refractivity contribution is -0.142. The summed E-state index contributed by atoms with van der Waals surface area (Å²) in [7, 11) is 1.33. The first-order valence-corrected chi connectivity index (χ1v) is 5.71. The Morgan fingerprint density at radius 2 is 2.35 bits per heavy atom. The van der Waals surface area contributed by atoms with Crippen LogP contribution in [-0.2, 0) is 16.0 Å². The minimum absolute atomic E-state index is 0.0855. The van der Waals surface area contributed by atoms with E-state index in [0.29, 0.717) is 5.75 Å². The average molecular weight is 236 g/mol. The molecule has 17 heavy (non-hydrogen) atoms. The second-order valence-electron chi connectivity index (χ2n) is 4.13. The lowest BCUT2D eigenvalue weighted by atomic mass is 9.89. The van der Waals surface area contributed by atoms with Crippen LogP contribution in [0.15, 0.2) is 18.2 Å². The summed E-state index contributed by atoms with van der Waals surface area (Å²) in [5, 5.41) is 9.79. The molecule has 0 bridgehead atoms. The molecule has 4 heteroatoms. The van der Waals surface area contributed by atoms with Gasteiger partial charge in [0.2, 0.25) is 0 Å². The van der Waals surface area contributed by atoms with Crippen LogP contribution in [0.2, 0.25) is 0 Å². The van der Waals surface area contributed by atoms with Gasteiger partial charge in [0.05, 0.1) is 13.2 Å². The second kappa shape index (κ2) is 5.19. The smallest absolute Gasteiger partial charge is 0.343 e. The summed E-state index contributed by atoms with van der Waals surface area (Å²) >= 11 is 0. The Hall–Kier alpha value is -1.55. The number of hydrogen-bond donors (Lipinski definition) is 1. The van der Waals surface area contributed by atoms with Crippen LogP contribution in [0.25, 0.3) is 0 Å². The Bertz CT molecular complexity index is 414. The molecule has 1 aliphatic rings. The largest absolute Gasteiger partial charge is 0.482 e. The van der Waals surface area contributed by atoms with Crippen LogP contribution in [0, 0.1) is 0 Å². The van der Waals surface area contributed by atoms with Gasteiger partial charge >= 0.3 is 5.97 Å². The summed E-state index contributed by atoms with van der Waals surface area (Å²) in [5.74, 6) is 0.242. The van der Waals surface area contributed by atoms with Crippen molar-refractivity contribution in [1.29, 1.82) is 0 Å². The van der Waals surface area contributed by atoms with Crippen molar-refractivity contribution in [1.82, 2.24) is 0 Å². The zero-order valence-corrected chi connectivity index (χ0v) is 9.81. The number of rotatable bonds is 3. The van der Waals surface area contributed by atoms with Gasteiger partial charge in [-0.1, -0.05) is 6.07 Å². The highest BCUT2D eigenvalue weighted by Crippen LogP contribution is 2.31. The third kappa shape index (κ3) is 2.77. The van der Waals surface area contributed by atoms with Crippen molar-refractivity contribution >= 4 is 5.97 Å². The Morgan fingerprint density at radius 1 is 1.53 bits per heavy atom. The third-order valence-electron chi connectivity index (χ3n) is 2.98. The maximum absolute atomic E-state index is 10.9. The molecule has 1 unspecified atom stereocenters. The SMILES string of the molecule is COC(=O)COc1ccc2c(c1)CCCC2O. The number of hydrogen-bond acceptors (Lipinski definition) is 4. The molecule has 0 aliphatic heterocycles. The number of fused-ring (bicyclic) bond motifs is 1. The van der Waals surface area contributed by atoms with E-state index in [1.54, 1.807) is 6.07 Å². The first-order valence-electron chi connectivity index (χ1n) is 5.71. The normalized spacial score (nSPS) is 18.4. The van der Waals surface area contributed by atoms with Crippen molar-refractivity contribution in [2.75, 3.05) is 13.7 Å². The van der Waals surface area contributed by atoms with Crippen LogP contribution in [0.1, 0.15) is 30.1 Å². The highest BCUT2D eigenvalue weighted by Gasteiger charge is 2.18. The number of carbonyl (C=O) groups excluding carboxylic acids is 1. The van der Waals surface area contributed by atoms with E-state index >= 15 is 0 Å². The molecule has 92 valence electrons. The molecule has 0 aromatic heterocycles. The van der Waals surface area contributed by atoms with E-state index in [2.05, 4.69) is 4.74 Å². The van der Waals surface area contributed by atoms with E-state index in [0.717, 1.165) is 30.4 Å². The second-order valence-corrected chi connectivity index (χ2v) is 4.13. The molecule has 0 fully saturated rings. The average Bonchev–Trinajstić information content (AvgIpc) is 2.36. The predicted molar refractivity (Wildman–Crippen MR) is 61.9 cm³/mol. The van der Waals surface area contributed by atoms with Gasteiger partial charge in [0, 0.05) is 0 Å². The number of ether oxygens (including phenoxy) is 2. The van der Waals surface area contributed by atoms with Crippen molar-refractivity contribution in [3.63, 3.8) is 0 Å². The predicted octanol–water partition coefficient (Wildman–Crippen LogP) is 1.61. The number of benzene rings is 1. The van der Waals surface area contributed by atoms with E-state index in [9.17, 15) is 9.90 Å². The van der Waals surface area contributed by atoms with E-state index < -0.39 is 5.97 Å². The van der Waals surface area contributed by atoms with Gasteiger partial charge in [-0.2, -0.15) is 0 Å². The molecule has 1 aliphatic carbocycles. The van der Waals surface area contributed by atoms with Gasteiger partial charge in [0.15, 0.2) is 6.61 Å². The number of aryl methyl sites for hydroxylation is 1. The van der Waals surface area contributed by atoms with Crippen LogP contribution < -0.4 is 4.74 Å². The maximum Gasteiger partial charge on any atom is 0.343 e. The van der Waals surface area contributed by atoms with Gasteiger partial charge in [0.1, 0.15) is 5.75 Å². The van der Waals surface area contributed by atoms with Crippen molar-refractivity contribution < 1.29 is 19.4 Å². The molecule has 0 saturated heterocycles. The molecule has 1 N–H and O–H groups in total. The molecule has 0 radical (unpaired) electrons. The van der Waals surface area contributed by atoms with Crippen molar-refractivity contribution in [3.8, 4) is 5.75 Å². The highest BCUT2D eigenvalue weighted by molar-refractivity contribution is 5.70. The molecular formula is C13H16O4. The van der Waals surface area contributed by atoms with Gasteiger partial charge in [-0.25, -0.2) is 4.79 Å². The van der Waals surface area contributed by atoms with Crippen LogP contribution in [-0.4, -0.2) is 24.8 Å². The van der Waals surface area contributed by atoms with Crippen molar-refractivity contribution in [2.24, 2.45) is 0 Å². The topological polar surface area (TPSA) is 55.8 Å². The van der Waals surface area contributed by atoms with Gasteiger partial charge < -0.3 is 14.6 Å². The first kappa shape index (κ1) is 11.9. The van der Waals surface area contributed by atoms with Gasteiger partial charge in [0.25, 0.3) is 0 Å². The molecule has 0 amide bonds. The highest BCUT2D eigenvalue weighted by atomic mass is 16.6. The number of aliphatic hydroxyl groups is 1. The van der Waals surface area contributed by atoms with Gasteiger partial charge in [-0.3, -0.25) is 0 Å². The Morgan fingerprint density at radius 3 is 3.12 bits per heavy atom. The standard InChI is InChI=1S/C13H16O4/c1-16-13(15)8-17-10-5-6-11-9(7-10)3-2-4-12(11)14/h5-7,12,14H,2-4,8H2,1H3. The summed E-state index contributed by atoms with van der Waals surface area (Å²) < 4.78 is 9.80. The molecule has 4 nitrogen and oxygen atoms in total.